The molecule has 0 aromatic heterocycles. The van der Waals surface area contributed by atoms with Gasteiger partial charge in [-0.3, -0.25) is 0 Å². The van der Waals surface area contributed by atoms with Crippen LogP contribution in [0, 0.1) is 0 Å². The minimum absolute atomic E-state index is 0.294. The van der Waals surface area contributed by atoms with E-state index in [1.54, 1.807) is 0 Å². The summed E-state index contributed by atoms with van der Waals surface area (Å²) in [6, 6.07) is 10.6. The molecular formula is C13H22OSi. The second-order valence-corrected chi connectivity index (χ2v) is 9.38. The summed E-state index contributed by atoms with van der Waals surface area (Å²) >= 11 is 0. The van der Waals surface area contributed by atoms with E-state index >= 15 is 0 Å². The minimum atomic E-state index is -1.44. The molecular weight excluding hydrogens is 200 g/mol. The maximum atomic E-state index is 6.20. The minimum Gasteiger partial charge on any atom is -0.411 e. The fourth-order valence-electron chi connectivity index (χ4n) is 1.65. The second kappa shape index (κ2) is 5.47. The summed E-state index contributed by atoms with van der Waals surface area (Å²) in [4.78, 5) is 0. The Morgan fingerprint density at radius 2 is 1.73 bits per heavy atom. The molecule has 0 spiro atoms. The van der Waals surface area contributed by atoms with Crippen LogP contribution in [0.4, 0.5) is 0 Å². The monoisotopic (exact) mass is 222 g/mol. The number of hydrogen-bond acceptors (Lipinski definition) is 1. The lowest BCUT2D eigenvalue weighted by Crippen LogP contribution is -2.28. The normalized spacial score (nSPS) is 13.9. The van der Waals surface area contributed by atoms with Crippen LogP contribution in [0.2, 0.25) is 19.6 Å². The van der Waals surface area contributed by atoms with Gasteiger partial charge in [0.25, 0.3) is 0 Å². The Kier molecular flexibility index (Phi) is 4.55. The highest BCUT2D eigenvalue weighted by Gasteiger charge is 2.21. The maximum Gasteiger partial charge on any atom is 0.184 e. The highest BCUT2D eigenvalue weighted by molar-refractivity contribution is 6.69. The van der Waals surface area contributed by atoms with Crippen LogP contribution in [0.25, 0.3) is 0 Å². The number of hydrogen-bond donors (Lipinski definition) is 0. The first-order chi connectivity index (χ1) is 7.03. The first kappa shape index (κ1) is 12.5. The molecule has 0 saturated carbocycles. The predicted octanol–water partition coefficient (Wildman–Crippen LogP) is 4.38. The first-order valence-electron chi connectivity index (χ1n) is 5.75. The van der Waals surface area contributed by atoms with E-state index in [1.807, 2.05) is 0 Å². The van der Waals surface area contributed by atoms with Gasteiger partial charge in [0.05, 0.1) is 6.10 Å². The number of rotatable bonds is 5. The molecule has 15 heavy (non-hydrogen) atoms. The molecule has 1 unspecified atom stereocenters. The molecule has 0 aliphatic heterocycles. The SMILES string of the molecule is CCCC(O[Si](C)(C)C)c1ccccc1. The highest BCUT2D eigenvalue weighted by Crippen LogP contribution is 2.26. The molecule has 0 amide bonds. The number of benzene rings is 1. The summed E-state index contributed by atoms with van der Waals surface area (Å²) in [5.74, 6) is 0. The van der Waals surface area contributed by atoms with Crippen LogP contribution in [-0.4, -0.2) is 8.32 Å². The van der Waals surface area contributed by atoms with Crippen molar-refractivity contribution in [1.29, 1.82) is 0 Å². The Balaban J connectivity index is 2.75. The maximum absolute atomic E-state index is 6.20. The van der Waals surface area contributed by atoms with E-state index < -0.39 is 8.32 Å². The van der Waals surface area contributed by atoms with E-state index in [0.717, 1.165) is 6.42 Å². The Labute approximate surface area is 94.6 Å². The fourth-order valence-corrected chi connectivity index (χ4v) is 2.76. The third-order valence-electron chi connectivity index (χ3n) is 2.22. The second-order valence-electron chi connectivity index (χ2n) is 4.92. The summed E-state index contributed by atoms with van der Waals surface area (Å²) in [5, 5.41) is 0. The zero-order valence-corrected chi connectivity index (χ0v) is 11.3. The van der Waals surface area contributed by atoms with Gasteiger partial charge in [0.2, 0.25) is 0 Å². The van der Waals surface area contributed by atoms with E-state index in [0.29, 0.717) is 6.10 Å². The third-order valence-corrected chi connectivity index (χ3v) is 3.21. The van der Waals surface area contributed by atoms with E-state index in [4.69, 9.17) is 4.43 Å². The average molecular weight is 222 g/mol. The zero-order chi connectivity index (χ0) is 11.3. The van der Waals surface area contributed by atoms with Gasteiger partial charge in [-0.15, -0.1) is 0 Å². The molecule has 0 bridgehead atoms. The quantitative estimate of drug-likeness (QED) is 0.672. The van der Waals surface area contributed by atoms with E-state index in [2.05, 4.69) is 56.9 Å². The van der Waals surface area contributed by atoms with Crippen molar-refractivity contribution in [2.75, 3.05) is 0 Å². The van der Waals surface area contributed by atoms with Gasteiger partial charge in [-0.05, 0) is 31.6 Å². The van der Waals surface area contributed by atoms with E-state index in [-0.39, 0.29) is 0 Å². The molecule has 1 rings (SSSR count). The van der Waals surface area contributed by atoms with Gasteiger partial charge in [-0.1, -0.05) is 43.7 Å². The van der Waals surface area contributed by atoms with Crippen molar-refractivity contribution in [2.45, 2.75) is 45.5 Å². The molecule has 0 aliphatic carbocycles. The van der Waals surface area contributed by atoms with Crippen LogP contribution in [0.5, 0.6) is 0 Å². The zero-order valence-electron chi connectivity index (χ0n) is 10.3. The smallest absolute Gasteiger partial charge is 0.184 e. The van der Waals surface area contributed by atoms with Crippen molar-refractivity contribution in [3.05, 3.63) is 35.9 Å². The molecule has 0 N–H and O–H groups in total. The lowest BCUT2D eigenvalue weighted by Gasteiger charge is -2.26. The molecule has 1 aromatic carbocycles. The Morgan fingerprint density at radius 1 is 1.13 bits per heavy atom. The molecule has 0 radical (unpaired) electrons. The van der Waals surface area contributed by atoms with Gasteiger partial charge < -0.3 is 4.43 Å². The van der Waals surface area contributed by atoms with Gasteiger partial charge in [0, 0.05) is 0 Å². The molecule has 0 fully saturated rings. The van der Waals surface area contributed by atoms with Crippen LogP contribution in [0.3, 0.4) is 0 Å². The lowest BCUT2D eigenvalue weighted by atomic mass is 10.1. The fraction of sp³-hybridized carbons (Fsp3) is 0.538. The molecule has 0 heterocycles. The van der Waals surface area contributed by atoms with E-state index in [9.17, 15) is 0 Å². The molecule has 84 valence electrons. The van der Waals surface area contributed by atoms with Crippen molar-refractivity contribution >= 4 is 8.32 Å². The molecule has 1 nitrogen and oxygen atoms in total. The van der Waals surface area contributed by atoms with Gasteiger partial charge >= 0.3 is 0 Å². The lowest BCUT2D eigenvalue weighted by molar-refractivity contribution is 0.186. The predicted molar refractivity (Wildman–Crippen MR) is 68.5 cm³/mol. The van der Waals surface area contributed by atoms with Gasteiger partial charge in [0.1, 0.15) is 0 Å². The molecule has 2 heteroatoms. The van der Waals surface area contributed by atoms with Crippen LogP contribution >= 0.6 is 0 Å². The molecule has 1 aromatic rings. The van der Waals surface area contributed by atoms with E-state index in [1.165, 1.54) is 12.0 Å². The molecule has 0 aliphatic rings. The van der Waals surface area contributed by atoms with Crippen molar-refractivity contribution in [3.63, 3.8) is 0 Å². The van der Waals surface area contributed by atoms with Crippen molar-refractivity contribution in [2.24, 2.45) is 0 Å². The topological polar surface area (TPSA) is 9.23 Å². The summed E-state index contributed by atoms with van der Waals surface area (Å²) in [5.41, 5.74) is 1.32. The highest BCUT2D eigenvalue weighted by atomic mass is 28.4. The molecule has 1 atom stereocenters. The van der Waals surface area contributed by atoms with Crippen molar-refractivity contribution in [3.8, 4) is 0 Å². The Bertz CT molecular complexity index is 276. The largest absolute Gasteiger partial charge is 0.411 e. The van der Waals surface area contributed by atoms with Gasteiger partial charge in [-0.2, -0.15) is 0 Å². The van der Waals surface area contributed by atoms with Crippen LogP contribution in [0.1, 0.15) is 31.4 Å². The third kappa shape index (κ3) is 4.63. The Morgan fingerprint density at radius 3 is 2.20 bits per heavy atom. The summed E-state index contributed by atoms with van der Waals surface area (Å²) in [6.07, 6.45) is 2.58. The van der Waals surface area contributed by atoms with Gasteiger partial charge in [-0.25, -0.2) is 0 Å². The van der Waals surface area contributed by atoms with Crippen molar-refractivity contribution in [1.82, 2.24) is 0 Å². The summed E-state index contributed by atoms with van der Waals surface area (Å²) in [6.45, 7) is 8.96. The average Bonchev–Trinajstić information content (AvgIpc) is 2.17. The summed E-state index contributed by atoms with van der Waals surface area (Å²) in [7, 11) is -1.44. The van der Waals surface area contributed by atoms with Crippen LogP contribution in [-0.2, 0) is 4.43 Å². The Hall–Kier alpha value is -0.603. The van der Waals surface area contributed by atoms with Crippen molar-refractivity contribution < 1.29 is 4.43 Å². The van der Waals surface area contributed by atoms with Crippen LogP contribution < -0.4 is 0 Å². The summed E-state index contributed by atoms with van der Waals surface area (Å²) < 4.78 is 6.20. The van der Waals surface area contributed by atoms with Crippen LogP contribution in [0.15, 0.2) is 30.3 Å². The standard InChI is InChI=1S/C13H22OSi/c1-5-9-13(14-15(2,3)4)12-10-7-6-8-11-12/h6-8,10-11,13H,5,9H2,1-4H3. The molecule has 0 saturated heterocycles. The first-order valence-corrected chi connectivity index (χ1v) is 9.16. The van der Waals surface area contributed by atoms with Gasteiger partial charge in [0.15, 0.2) is 8.32 Å².